The molecule has 0 aliphatic carbocycles. The molecule has 170 valence electrons. The number of hydrogen-bond acceptors (Lipinski definition) is 5. The van der Waals surface area contributed by atoms with Crippen LogP contribution in [0.4, 0.5) is 5.69 Å². The van der Waals surface area contributed by atoms with Crippen LogP contribution in [-0.2, 0) is 27.3 Å². The van der Waals surface area contributed by atoms with Crippen LogP contribution in [0, 0.1) is 0 Å². The molecule has 2 N–H and O–H groups in total. The van der Waals surface area contributed by atoms with Crippen molar-refractivity contribution >= 4 is 17.5 Å². The van der Waals surface area contributed by atoms with Gasteiger partial charge < -0.3 is 20.1 Å². The molecule has 7 nitrogen and oxygen atoms in total. The normalized spacial score (nSPS) is 16.9. The molecular weight excluding hydrogens is 418 g/mol. The van der Waals surface area contributed by atoms with E-state index in [1.807, 2.05) is 42.5 Å². The highest BCUT2D eigenvalue weighted by Gasteiger charge is 2.34. The lowest BCUT2D eigenvalue weighted by molar-refractivity contribution is -0.155. The molecule has 2 aromatic carbocycles. The van der Waals surface area contributed by atoms with Crippen molar-refractivity contribution in [3.8, 4) is 0 Å². The zero-order valence-electron chi connectivity index (χ0n) is 18.3. The zero-order chi connectivity index (χ0) is 23.0. The molecular formula is C26H27N3O4. The molecule has 2 amide bonds. The van der Waals surface area contributed by atoms with E-state index < -0.39 is 12.1 Å². The lowest BCUT2D eigenvalue weighted by Crippen LogP contribution is -2.51. The minimum absolute atomic E-state index is 0.00224. The number of amides is 2. The summed E-state index contributed by atoms with van der Waals surface area (Å²) in [6.07, 6.45) is 3.50. The van der Waals surface area contributed by atoms with E-state index in [1.54, 1.807) is 41.6 Å². The number of carbonyl (C=O) groups excluding carboxylic acids is 2. The molecule has 4 rings (SSSR count). The Morgan fingerprint density at radius 3 is 2.52 bits per heavy atom. The van der Waals surface area contributed by atoms with Crippen LogP contribution in [0.3, 0.4) is 0 Å². The molecule has 1 aromatic heterocycles. The summed E-state index contributed by atoms with van der Waals surface area (Å²) in [6, 6.07) is 20.1. The Hall–Kier alpha value is -3.55. The standard InChI is InChI=1S/C26H27N3O4/c30-24(11-6-19-4-2-1-3-5-19)28-22-9-7-21(8-10-22)26(32)23-17-33-18-25(31)29(23)16-20-12-14-27-15-13-20/h1-5,7-10,12-15,23,26,32H,6,11,16-18H2,(H,28,30). The van der Waals surface area contributed by atoms with Crippen molar-refractivity contribution in [2.45, 2.75) is 31.5 Å². The number of aliphatic hydroxyl groups is 1. The molecule has 1 aliphatic heterocycles. The second kappa shape index (κ2) is 10.8. The van der Waals surface area contributed by atoms with E-state index in [0.717, 1.165) is 11.1 Å². The summed E-state index contributed by atoms with van der Waals surface area (Å²) < 4.78 is 5.42. The molecule has 2 heterocycles. The van der Waals surface area contributed by atoms with Crippen molar-refractivity contribution in [2.24, 2.45) is 0 Å². The Morgan fingerprint density at radius 2 is 1.79 bits per heavy atom. The number of benzene rings is 2. The smallest absolute Gasteiger partial charge is 0.249 e. The van der Waals surface area contributed by atoms with Gasteiger partial charge in [-0.25, -0.2) is 0 Å². The van der Waals surface area contributed by atoms with Gasteiger partial charge in [0.05, 0.1) is 12.6 Å². The number of anilines is 1. The highest BCUT2D eigenvalue weighted by atomic mass is 16.5. The van der Waals surface area contributed by atoms with Crippen LogP contribution in [-0.4, -0.2) is 46.1 Å². The summed E-state index contributed by atoms with van der Waals surface area (Å²) in [5, 5.41) is 13.9. The molecule has 1 fully saturated rings. The molecule has 2 unspecified atom stereocenters. The summed E-state index contributed by atoms with van der Waals surface area (Å²) >= 11 is 0. The minimum Gasteiger partial charge on any atom is -0.386 e. The number of hydrogen-bond donors (Lipinski definition) is 2. The lowest BCUT2D eigenvalue weighted by Gasteiger charge is -2.38. The Bertz CT molecular complexity index is 1060. The van der Waals surface area contributed by atoms with Crippen molar-refractivity contribution in [1.29, 1.82) is 0 Å². The molecule has 3 aromatic rings. The summed E-state index contributed by atoms with van der Waals surface area (Å²) in [4.78, 5) is 30.5. The van der Waals surface area contributed by atoms with Gasteiger partial charge in [0.15, 0.2) is 0 Å². The maximum absolute atomic E-state index is 12.5. The van der Waals surface area contributed by atoms with Crippen molar-refractivity contribution in [3.05, 3.63) is 95.8 Å². The number of rotatable bonds is 8. The van der Waals surface area contributed by atoms with Crippen LogP contribution in [0.2, 0.25) is 0 Å². The first-order valence-electron chi connectivity index (χ1n) is 11.0. The van der Waals surface area contributed by atoms with E-state index in [9.17, 15) is 14.7 Å². The highest BCUT2D eigenvalue weighted by molar-refractivity contribution is 5.90. The number of carbonyl (C=O) groups is 2. The summed E-state index contributed by atoms with van der Waals surface area (Å²) in [5.41, 5.74) is 3.37. The van der Waals surface area contributed by atoms with E-state index in [4.69, 9.17) is 4.74 Å². The lowest BCUT2D eigenvalue weighted by atomic mass is 9.99. The number of morpholine rings is 1. The molecule has 0 spiro atoms. The molecule has 0 radical (unpaired) electrons. The summed E-state index contributed by atoms with van der Waals surface area (Å²) in [7, 11) is 0. The molecule has 0 bridgehead atoms. The molecule has 1 aliphatic rings. The van der Waals surface area contributed by atoms with Crippen LogP contribution in [0.25, 0.3) is 0 Å². The molecule has 0 saturated carbocycles. The number of aliphatic hydroxyl groups excluding tert-OH is 1. The second-order valence-electron chi connectivity index (χ2n) is 8.06. The number of aryl methyl sites for hydroxylation is 1. The van der Waals surface area contributed by atoms with Crippen molar-refractivity contribution < 1.29 is 19.4 Å². The average molecular weight is 446 g/mol. The maximum Gasteiger partial charge on any atom is 0.249 e. The number of nitrogens with one attached hydrogen (secondary N) is 1. The fraction of sp³-hybridized carbons (Fsp3) is 0.269. The Balaban J connectivity index is 1.37. The summed E-state index contributed by atoms with van der Waals surface area (Å²) in [6.45, 7) is 0.625. The van der Waals surface area contributed by atoms with E-state index in [1.165, 1.54) is 0 Å². The molecule has 33 heavy (non-hydrogen) atoms. The first-order valence-corrected chi connectivity index (χ1v) is 11.0. The highest BCUT2D eigenvalue weighted by Crippen LogP contribution is 2.26. The van der Waals surface area contributed by atoms with Crippen LogP contribution in [0.15, 0.2) is 79.1 Å². The number of nitrogens with zero attached hydrogens (tertiary/aromatic N) is 2. The second-order valence-corrected chi connectivity index (χ2v) is 8.06. The Morgan fingerprint density at radius 1 is 1.06 bits per heavy atom. The van der Waals surface area contributed by atoms with Gasteiger partial charge in [0.2, 0.25) is 11.8 Å². The molecule has 2 atom stereocenters. The maximum atomic E-state index is 12.5. The third kappa shape index (κ3) is 6.03. The van der Waals surface area contributed by atoms with Crippen LogP contribution < -0.4 is 5.32 Å². The van der Waals surface area contributed by atoms with Crippen molar-refractivity contribution in [1.82, 2.24) is 9.88 Å². The van der Waals surface area contributed by atoms with Gasteiger partial charge in [-0.3, -0.25) is 14.6 Å². The van der Waals surface area contributed by atoms with Crippen LogP contribution in [0.5, 0.6) is 0 Å². The fourth-order valence-electron chi connectivity index (χ4n) is 3.89. The number of ether oxygens (including phenoxy) is 1. The first kappa shape index (κ1) is 22.6. The third-order valence-corrected chi connectivity index (χ3v) is 5.72. The average Bonchev–Trinajstić information content (AvgIpc) is 2.85. The molecule has 7 heteroatoms. The number of pyridine rings is 1. The van der Waals surface area contributed by atoms with Gasteiger partial charge in [-0.2, -0.15) is 0 Å². The predicted molar refractivity (Wildman–Crippen MR) is 124 cm³/mol. The molecule has 1 saturated heterocycles. The SMILES string of the molecule is O=C(CCc1ccccc1)Nc1ccc(C(O)C2COCC(=O)N2Cc2ccncc2)cc1. The van der Waals surface area contributed by atoms with Crippen molar-refractivity contribution in [3.63, 3.8) is 0 Å². The van der Waals surface area contributed by atoms with Gasteiger partial charge in [-0.15, -0.1) is 0 Å². The van der Waals surface area contributed by atoms with Gasteiger partial charge >= 0.3 is 0 Å². The topological polar surface area (TPSA) is 91.8 Å². The first-order chi connectivity index (χ1) is 16.1. The van der Waals surface area contributed by atoms with E-state index in [2.05, 4.69) is 10.3 Å². The van der Waals surface area contributed by atoms with Crippen molar-refractivity contribution in [2.75, 3.05) is 18.5 Å². The van der Waals surface area contributed by atoms with E-state index >= 15 is 0 Å². The monoisotopic (exact) mass is 445 g/mol. The fourth-order valence-corrected chi connectivity index (χ4v) is 3.89. The predicted octanol–water partition coefficient (Wildman–Crippen LogP) is 3.11. The van der Waals surface area contributed by atoms with Gasteiger partial charge in [0, 0.05) is 31.0 Å². The number of aromatic nitrogens is 1. The van der Waals surface area contributed by atoms with Gasteiger partial charge in [0.25, 0.3) is 0 Å². The van der Waals surface area contributed by atoms with E-state index in [-0.39, 0.29) is 25.0 Å². The van der Waals surface area contributed by atoms with Crippen LogP contribution >= 0.6 is 0 Å². The van der Waals surface area contributed by atoms with Gasteiger partial charge in [-0.05, 0) is 47.4 Å². The Labute approximate surface area is 193 Å². The van der Waals surface area contributed by atoms with Gasteiger partial charge in [0.1, 0.15) is 12.7 Å². The third-order valence-electron chi connectivity index (χ3n) is 5.72. The van der Waals surface area contributed by atoms with Crippen LogP contribution in [0.1, 0.15) is 29.2 Å². The summed E-state index contributed by atoms with van der Waals surface area (Å²) in [5.74, 6) is -0.230. The Kier molecular flexibility index (Phi) is 7.44. The van der Waals surface area contributed by atoms with Gasteiger partial charge in [-0.1, -0.05) is 42.5 Å². The minimum atomic E-state index is -0.918. The van der Waals surface area contributed by atoms with E-state index in [0.29, 0.717) is 30.6 Å². The quantitative estimate of drug-likeness (QED) is 0.556. The zero-order valence-corrected chi connectivity index (χ0v) is 18.3. The largest absolute Gasteiger partial charge is 0.386 e.